The molecule has 3 aromatic rings. The van der Waals surface area contributed by atoms with Crippen molar-refractivity contribution in [3.05, 3.63) is 88.5 Å². The molecule has 1 amide bonds. The molecular weight excluding hydrogens is 491 g/mol. The molecular formula is C30H30F3N3O2. The van der Waals surface area contributed by atoms with Crippen molar-refractivity contribution in [2.24, 2.45) is 5.41 Å². The molecule has 2 heterocycles. The van der Waals surface area contributed by atoms with E-state index in [1.54, 1.807) is 24.3 Å². The third-order valence-electron chi connectivity index (χ3n) is 8.87. The van der Waals surface area contributed by atoms with E-state index in [-0.39, 0.29) is 24.7 Å². The largest absolute Gasteiger partial charge is 0.389 e. The van der Waals surface area contributed by atoms with Crippen molar-refractivity contribution < 1.29 is 23.1 Å². The van der Waals surface area contributed by atoms with Gasteiger partial charge in [0.2, 0.25) is 0 Å². The zero-order chi connectivity index (χ0) is 26.7. The fraction of sp³-hybridized carbons (Fsp3) is 0.400. The molecule has 2 fully saturated rings. The Balaban J connectivity index is 1.23. The molecule has 2 atom stereocenters. The van der Waals surface area contributed by atoms with Crippen LogP contribution in [0.4, 0.5) is 13.2 Å². The zero-order valence-electron chi connectivity index (χ0n) is 21.3. The number of aromatic nitrogens is 2. The van der Waals surface area contributed by atoms with Gasteiger partial charge in [-0.25, -0.2) is 17.9 Å². The SMILES string of the molecule is C[C@]12Cc3cnn(-c4ccc(F)cc4)c3C=C1CC[C@@]2(O)CCc1ccccc1C(=O)N1CCC(F)(F)C1. The third-order valence-corrected chi connectivity index (χ3v) is 8.87. The summed E-state index contributed by atoms with van der Waals surface area (Å²) in [6.45, 7) is 1.59. The van der Waals surface area contributed by atoms with Crippen LogP contribution in [0, 0.1) is 11.2 Å². The standard InChI is InChI=1S/C30H30F3N3O2/c1-28-17-21-18-34-36(24-8-6-23(31)7-9-24)26(21)16-22(28)11-13-29(28,38)12-10-20-4-2-3-5-25(20)27(37)35-15-14-30(32,33)19-35/h2-9,16,18,38H,10-15,17,19H2,1H3/t28-,29-/m0/s1. The van der Waals surface area contributed by atoms with Crippen molar-refractivity contribution >= 4 is 12.0 Å². The minimum atomic E-state index is -2.84. The van der Waals surface area contributed by atoms with E-state index in [4.69, 9.17) is 0 Å². The van der Waals surface area contributed by atoms with Crippen molar-refractivity contribution in [2.45, 2.75) is 57.0 Å². The number of alkyl halides is 2. The first-order chi connectivity index (χ1) is 18.1. The summed E-state index contributed by atoms with van der Waals surface area (Å²) in [5, 5.41) is 16.5. The van der Waals surface area contributed by atoms with Crippen LogP contribution in [-0.2, 0) is 12.8 Å². The van der Waals surface area contributed by atoms with Crippen LogP contribution in [-0.4, -0.2) is 50.3 Å². The van der Waals surface area contributed by atoms with Crippen molar-refractivity contribution in [3.63, 3.8) is 0 Å². The summed E-state index contributed by atoms with van der Waals surface area (Å²) in [6, 6.07) is 13.3. The molecule has 1 saturated carbocycles. The summed E-state index contributed by atoms with van der Waals surface area (Å²) in [6.07, 6.45) is 6.48. The lowest BCUT2D eigenvalue weighted by Gasteiger charge is -2.42. The maximum atomic E-state index is 13.7. The van der Waals surface area contributed by atoms with Gasteiger partial charge in [-0.2, -0.15) is 5.10 Å². The quantitative estimate of drug-likeness (QED) is 0.476. The van der Waals surface area contributed by atoms with Gasteiger partial charge in [0, 0.05) is 23.9 Å². The second kappa shape index (κ2) is 8.83. The number of carbonyl (C=O) groups is 1. The van der Waals surface area contributed by atoms with Gasteiger partial charge in [0.15, 0.2) is 0 Å². The minimum absolute atomic E-state index is 0.0459. The van der Waals surface area contributed by atoms with Gasteiger partial charge in [-0.1, -0.05) is 30.7 Å². The summed E-state index contributed by atoms with van der Waals surface area (Å²) >= 11 is 0. The number of likely N-dealkylation sites (tertiary alicyclic amines) is 1. The Labute approximate surface area is 219 Å². The lowest BCUT2D eigenvalue weighted by atomic mass is 9.65. The van der Waals surface area contributed by atoms with Crippen LogP contribution in [0.5, 0.6) is 0 Å². The lowest BCUT2D eigenvalue weighted by molar-refractivity contribution is -0.0462. The monoisotopic (exact) mass is 521 g/mol. The number of hydrogen-bond acceptors (Lipinski definition) is 3. The second-order valence-corrected chi connectivity index (χ2v) is 11.1. The molecule has 1 N–H and O–H groups in total. The predicted molar refractivity (Wildman–Crippen MR) is 138 cm³/mol. The molecule has 0 radical (unpaired) electrons. The zero-order valence-corrected chi connectivity index (χ0v) is 21.3. The van der Waals surface area contributed by atoms with E-state index in [9.17, 15) is 23.1 Å². The number of benzene rings is 2. The van der Waals surface area contributed by atoms with Crippen LogP contribution >= 0.6 is 0 Å². The van der Waals surface area contributed by atoms with Gasteiger partial charge in [0.05, 0.1) is 29.7 Å². The Morgan fingerprint density at radius 1 is 1.11 bits per heavy atom. The third kappa shape index (κ3) is 4.06. The van der Waals surface area contributed by atoms with E-state index in [1.165, 1.54) is 17.0 Å². The smallest absolute Gasteiger partial charge is 0.267 e. The van der Waals surface area contributed by atoms with E-state index in [1.807, 2.05) is 23.0 Å². The van der Waals surface area contributed by atoms with Crippen molar-refractivity contribution in [1.82, 2.24) is 14.7 Å². The van der Waals surface area contributed by atoms with E-state index in [0.29, 0.717) is 31.2 Å². The van der Waals surface area contributed by atoms with E-state index < -0.39 is 23.5 Å². The summed E-state index contributed by atoms with van der Waals surface area (Å²) in [7, 11) is 0. The van der Waals surface area contributed by atoms with Gasteiger partial charge in [0.25, 0.3) is 11.8 Å². The molecule has 0 bridgehead atoms. The summed E-state index contributed by atoms with van der Waals surface area (Å²) in [4.78, 5) is 14.3. The number of aliphatic hydroxyl groups is 1. The number of nitrogens with zero attached hydrogens (tertiary/aromatic N) is 3. The molecule has 6 rings (SSSR count). The number of fused-ring (bicyclic) bond motifs is 2. The van der Waals surface area contributed by atoms with E-state index in [0.717, 1.165) is 34.5 Å². The number of halogens is 3. The van der Waals surface area contributed by atoms with Crippen LogP contribution in [0.15, 0.2) is 60.3 Å². The van der Waals surface area contributed by atoms with E-state index in [2.05, 4.69) is 18.1 Å². The van der Waals surface area contributed by atoms with Crippen LogP contribution in [0.3, 0.4) is 0 Å². The lowest BCUT2D eigenvalue weighted by Crippen LogP contribution is -2.45. The van der Waals surface area contributed by atoms with Crippen LogP contribution in [0.25, 0.3) is 11.8 Å². The molecule has 1 aliphatic heterocycles. The normalized spacial score (nSPS) is 25.7. The Bertz CT molecular complexity index is 1430. The van der Waals surface area contributed by atoms with Gasteiger partial charge >= 0.3 is 0 Å². The average molecular weight is 522 g/mol. The molecule has 3 aliphatic rings. The summed E-state index contributed by atoms with van der Waals surface area (Å²) < 4.78 is 42.7. The number of amides is 1. The number of carbonyl (C=O) groups excluding carboxylic acids is 1. The second-order valence-electron chi connectivity index (χ2n) is 11.1. The molecule has 38 heavy (non-hydrogen) atoms. The highest BCUT2D eigenvalue weighted by Gasteiger charge is 2.55. The molecule has 2 aliphatic carbocycles. The highest BCUT2D eigenvalue weighted by molar-refractivity contribution is 5.96. The molecule has 8 heteroatoms. The van der Waals surface area contributed by atoms with Gasteiger partial charge in [-0.05, 0) is 79.6 Å². The first-order valence-electron chi connectivity index (χ1n) is 13.1. The maximum absolute atomic E-state index is 13.7. The summed E-state index contributed by atoms with van der Waals surface area (Å²) in [5.74, 6) is -3.52. The van der Waals surface area contributed by atoms with Gasteiger partial charge in [0.1, 0.15) is 5.82 Å². The number of hydrogen-bond donors (Lipinski definition) is 1. The van der Waals surface area contributed by atoms with Crippen LogP contribution in [0.1, 0.15) is 59.8 Å². The molecule has 0 spiro atoms. The Kier molecular flexibility index (Phi) is 5.79. The average Bonchev–Trinajstić information content (AvgIpc) is 3.55. The number of aryl methyl sites for hydroxylation is 1. The first-order valence-corrected chi connectivity index (χ1v) is 13.1. The van der Waals surface area contributed by atoms with Crippen molar-refractivity contribution in [1.29, 1.82) is 0 Å². The molecule has 5 nitrogen and oxygen atoms in total. The molecule has 0 unspecified atom stereocenters. The topological polar surface area (TPSA) is 58.4 Å². The van der Waals surface area contributed by atoms with E-state index >= 15 is 0 Å². The fourth-order valence-corrected chi connectivity index (χ4v) is 6.49. The molecule has 1 saturated heterocycles. The van der Waals surface area contributed by atoms with Gasteiger partial charge < -0.3 is 10.0 Å². The van der Waals surface area contributed by atoms with Crippen LogP contribution in [0.2, 0.25) is 0 Å². The van der Waals surface area contributed by atoms with Crippen molar-refractivity contribution in [3.8, 4) is 5.69 Å². The molecule has 2 aromatic carbocycles. The van der Waals surface area contributed by atoms with Gasteiger partial charge in [-0.3, -0.25) is 4.79 Å². The predicted octanol–water partition coefficient (Wildman–Crippen LogP) is 5.60. The Hall–Kier alpha value is -3.39. The molecule has 1 aromatic heterocycles. The Morgan fingerprint density at radius 2 is 1.87 bits per heavy atom. The van der Waals surface area contributed by atoms with Crippen LogP contribution < -0.4 is 0 Å². The fourth-order valence-electron chi connectivity index (χ4n) is 6.49. The van der Waals surface area contributed by atoms with Gasteiger partial charge in [-0.15, -0.1) is 0 Å². The highest BCUT2D eigenvalue weighted by Crippen LogP contribution is 2.57. The highest BCUT2D eigenvalue weighted by atomic mass is 19.3. The molecule has 198 valence electrons. The van der Waals surface area contributed by atoms with Crippen molar-refractivity contribution in [2.75, 3.05) is 13.1 Å². The maximum Gasteiger partial charge on any atom is 0.267 e. The first kappa shape index (κ1) is 24.9. The summed E-state index contributed by atoms with van der Waals surface area (Å²) in [5.41, 5.74) is 3.61. The Morgan fingerprint density at radius 3 is 2.61 bits per heavy atom. The minimum Gasteiger partial charge on any atom is -0.389 e. The number of rotatable bonds is 5.